The van der Waals surface area contributed by atoms with Crippen LogP contribution >= 0.6 is 8.38 Å². The minimum absolute atomic E-state index is 0.239. The van der Waals surface area contributed by atoms with Crippen LogP contribution in [0.1, 0.15) is 39.5 Å². The summed E-state index contributed by atoms with van der Waals surface area (Å²) in [7, 11) is 2.21. The number of hydrogen-bond acceptors (Lipinski definition) is 3. The minimum Gasteiger partial charge on any atom is -0.337 e. The molecule has 1 rings (SSSR count). The molecule has 0 N–H and O–H groups in total. The van der Waals surface area contributed by atoms with Crippen LogP contribution in [0.25, 0.3) is 0 Å². The molecule has 0 aromatic carbocycles. The molecule has 0 aromatic heterocycles. The zero-order valence-electron chi connectivity index (χ0n) is 10.8. The first-order chi connectivity index (χ1) is 7.48. The fourth-order valence-electron chi connectivity index (χ4n) is 2.18. The number of carbonyl (C=O) groups excluding carboxylic acids is 1. The van der Waals surface area contributed by atoms with Crippen molar-refractivity contribution in [2.45, 2.75) is 39.5 Å². The lowest BCUT2D eigenvalue weighted by Gasteiger charge is -2.33. The molecule has 0 radical (unpaired) electrons. The lowest BCUT2D eigenvalue weighted by atomic mass is 9.72. The summed E-state index contributed by atoms with van der Waals surface area (Å²) in [5.41, 5.74) is 0.421. The summed E-state index contributed by atoms with van der Waals surface area (Å²) >= 11 is 0. The van der Waals surface area contributed by atoms with Crippen LogP contribution in [-0.4, -0.2) is 26.2 Å². The predicted octanol–water partition coefficient (Wildman–Crippen LogP) is 3.38. The van der Waals surface area contributed by atoms with E-state index in [-0.39, 0.29) is 5.92 Å². The van der Waals surface area contributed by atoms with E-state index < -0.39 is 8.38 Å². The fourth-order valence-corrected chi connectivity index (χ4v) is 3.10. The molecule has 0 unspecified atom stereocenters. The van der Waals surface area contributed by atoms with E-state index in [1.54, 1.807) is 14.2 Å². The zero-order chi connectivity index (χ0) is 12.2. The molecule has 4 heteroatoms. The van der Waals surface area contributed by atoms with Gasteiger partial charge >= 0.3 is 0 Å². The van der Waals surface area contributed by atoms with E-state index in [0.717, 1.165) is 25.7 Å². The second-order valence-electron chi connectivity index (χ2n) is 5.26. The highest BCUT2D eigenvalue weighted by atomic mass is 31.2. The van der Waals surface area contributed by atoms with Gasteiger partial charge in [-0.3, -0.25) is 4.79 Å². The van der Waals surface area contributed by atoms with E-state index in [9.17, 15) is 4.79 Å². The van der Waals surface area contributed by atoms with Crippen molar-refractivity contribution in [2.75, 3.05) is 20.4 Å². The highest BCUT2D eigenvalue weighted by molar-refractivity contribution is 7.48. The number of rotatable bonds is 5. The largest absolute Gasteiger partial charge is 0.337 e. The summed E-state index contributed by atoms with van der Waals surface area (Å²) in [5, 5.41) is 0. The highest BCUT2D eigenvalue weighted by Gasteiger charge is 2.31. The Hall–Kier alpha value is 0.0200. The van der Waals surface area contributed by atoms with Crippen molar-refractivity contribution in [1.29, 1.82) is 0 Å². The highest BCUT2D eigenvalue weighted by Crippen LogP contribution is 2.41. The molecule has 0 bridgehead atoms. The Morgan fingerprint density at radius 1 is 1.25 bits per heavy atom. The molecule has 16 heavy (non-hydrogen) atoms. The Bertz CT molecular complexity index is 226. The third-order valence-electron chi connectivity index (χ3n) is 3.49. The molecular weight excluding hydrogens is 223 g/mol. The van der Waals surface area contributed by atoms with Gasteiger partial charge in [0.25, 0.3) is 0 Å². The van der Waals surface area contributed by atoms with Gasteiger partial charge in [0, 0.05) is 20.1 Å². The van der Waals surface area contributed by atoms with Crippen LogP contribution in [0.4, 0.5) is 0 Å². The smallest absolute Gasteiger partial charge is 0.177 e. The van der Waals surface area contributed by atoms with E-state index >= 15 is 0 Å². The maximum atomic E-state index is 12.0. The Labute approximate surface area is 99.8 Å². The molecular formula is C12H23O3P. The standard InChI is InChI=1S/C12H23O3P/c1-12(2)7-5-10(6-8-12)11(13)9-16(14-3)15-4/h10H,5-9H2,1-4H3. The second-order valence-corrected chi connectivity index (χ2v) is 6.97. The predicted molar refractivity (Wildman–Crippen MR) is 66.6 cm³/mol. The molecule has 1 saturated carbocycles. The Balaban J connectivity index is 2.38. The van der Waals surface area contributed by atoms with Crippen LogP contribution in [0.2, 0.25) is 0 Å². The molecule has 0 aromatic rings. The van der Waals surface area contributed by atoms with Crippen LogP contribution in [0, 0.1) is 11.3 Å². The molecule has 0 heterocycles. The molecule has 1 aliphatic carbocycles. The van der Waals surface area contributed by atoms with Gasteiger partial charge in [0.1, 0.15) is 5.78 Å². The monoisotopic (exact) mass is 246 g/mol. The summed E-state index contributed by atoms with van der Waals surface area (Å²) < 4.78 is 10.2. The molecule has 0 saturated heterocycles. The SMILES string of the molecule is COP(CC(=O)C1CCC(C)(C)CC1)OC. The maximum Gasteiger partial charge on any atom is 0.177 e. The van der Waals surface area contributed by atoms with Gasteiger partial charge in [0.05, 0.1) is 6.16 Å². The van der Waals surface area contributed by atoms with Gasteiger partial charge in [0.15, 0.2) is 8.38 Å². The van der Waals surface area contributed by atoms with E-state index in [1.807, 2.05) is 0 Å². The summed E-state index contributed by atoms with van der Waals surface area (Å²) in [4.78, 5) is 12.0. The third-order valence-corrected chi connectivity index (χ3v) is 4.87. The first-order valence-corrected chi connectivity index (χ1v) is 7.23. The van der Waals surface area contributed by atoms with E-state index in [0.29, 0.717) is 17.4 Å². The van der Waals surface area contributed by atoms with Crippen molar-refractivity contribution >= 4 is 14.2 Å². The van der Waals surface area contributed by atoms with Gasteiger partial charge in [-0.25, -0.2) is 0 Å². The summed E-state index contributed by atoms with van der Waals surface area (Å²) in [6, 6.07) is 0. The summed E-state index contributed by atoms with van der Waals surface area (Å²) in [6.45, 7) is 4.57. The van der Waals surface area contributed by atoms with E-state index in [2.05, 4.69) is 13.8 Å². The first-order valence-electron chi connectivity index (χ1n) is 5.87. The number of carbonyl (C=O) groups is 1. The summed E-state index contributed by atoms with van der Waals surface area (Å²) in [6.07, 6.45) is 4.82. The van der Waals surface area contributed by atoms with Crippen LogP contribution in [0.15, 0.2) is 0 Å². The van der Waals surface area contributed by atoms with Crippen molar-refractivity contribution < 1.29 is 13.8 Å². The van der Waals surface area contributed by atoms with E-state index in [4.69, 9.17) is 9.05 Å². The third kappa shape index (κ3) is 4.12. The van der Waals surface area contributed by atoms with Gasteiger partial charge in [-0.05, 0) is 31.1 Å². The molecule has 94 valence electrons. The van der Waals surface area contributed by atoms with Gasteiger partial charge in [-0.15, -0.1) is 0 Å². The van der Waals surface area contributed by atoms with Crippen molar-refractivity contribution in [1.82, 2.24) is 0 Å². The van der Waals surface area contributed by atoms with Crippen molar-refractivity contribution in [2.24, 2.45) is 11.3 Å². The quantitative estimate of drug-likeness (QED) is 0.698. The molecule has 0 atom stereocenters. The van der Waals surface area contributed by atoms with Gasteiger partial charge in [0.2, 0.25) is 0 Å². The molecule has 0 amide bonds. The lowest BCUT2D eigenvalue weighted by molar-refractivity contribution is -0.122. The summed E-state index contributed by atoms with van der Waals surface area (Å²) in [5.74, 6) is 0.564. The first kappa shape index (κ1) is 14.1. The fraction of sp³-hybridized carbons (Fsp3) is 0.917. The van der Waals surface area contributed by atoms with Crippen LogP contribution in [0.3, 0.4) is 0 Å². The van der Waals surface area contributed by atoms with Gasteiger partial charge in [-0.2, -0.15) is 0 Å². The lowest BCUT2D eigenvalue weighted by Crippen LogP contribution is -2.27. The average molecular weight is 246 g/mol. The zero-order valence-corrected chi connectivity index (χ0v) is 11.7. The molecule has 0 aliphatic heterocycles. The maximum absolute atomic E-state index is 12.0. The number of hydrogen-bond donors (Lipinski definition) is 0. The van der Waals surface area contributed by atoms with Crippen molar-refractivity contribution in [3.8, 4) is 0 Å². The Kier molecular flexibility index (Phi) is 5.36. The van der Waals surface area contributed by atoms with Crippen LogP contribution in [-0.2, 0) is 13.8 Å². The number of ketones is 1. The molecule has 1 fully saturated rings. The van der Waals surface area contributed by atoms with Crippen LogP contribution in [0.5, 0.6) is 0 Å². The van der Waals surface area contributed by atoms with Crippen molar-refractivity contribution in [3.63, 3.8) is 0 Å². The van der Waals surface area contributed by atoms with E-state index in [1.165, 1.54) is 0 Å². The molecule has 3 nitrogen and oxygen atoms in total. The number of Topliss-reactive ketones (excluding diaryl/α,β-unsaturated/α-hetero) is 1. The Morgan fingerprint density at radius 3 is 2.19 bits per heavy atom. The molecule has 1 aliphatic rings. The van der Waals surface area contributed by atoms with Crippen LogP contribution < -0.4 is 0 Å². The average Bonchev–Trinajstić information content (AvgIpc) is 2.25. The van der Waals surface area contributed by atoms with Gasteiger partial charge < -0.3 is 9.05 Å². The normalized spacial score (nSPS) is 21.3. The molecule has 0 spiro atoms. The topological polar surface area (TPSA) is 35.5 Å². The minimum atomic E-state index is -0.994. The van der Waals surface area contributed by atoms with Crippen molar-refractivity contribution in [3.05, 3.63) is 0 Å². The van der Waals surface area contributed by atoms with Gasteiger partial charge in [-0.1, -0.05) is 13.8 Å². The second kappa shape index (κ2) is 6.09. The Morgan fingerprint density at radius 2 is 1.75 bits per heavy atom.